The monoisotopic (exact) mass is 273 g/mol. The third kappa shape index (κ3) is 2.90. The van der Waals surface area contributed by atoms with Crippen LogP contribution in [-0.2, 0) is 6.42 Å². The summed E-state index contributed by atoms with van der Waals surface area (Å²) in [7, 11) is 0. The van der Waals surface area contributed by atoms with E-state index in [1.165, 1.54) is 18.9 Å². The van der Waals surface area contributed by atoms with E-state index in [1.54, 1.807) is 6.07 Å². The van der Waals surface area contributed by atoms with Crippen molar-refractivity contribution < 1.29 is 4.92 Å². The lowest BCUT2D eigenvalue weighted by atomic mass is 10.0. The van der Waals surface area contributed by atoms with Crippen molar-refractivity contribution in [3.63, 3.8) is 0 Å². The second-order valence-electron chi connectivity index (χ2n) is 4.54. The van der Waals surface area contributed by atoms with Crippen LogP contribution in [0.4, 0.5) is 5.69 Å². The summed E-state index contributed by atoms with van der Waals surface area (Å²) in [6, 6.07) is 3.20. The highest BCUT2D eigenvalue weighted by Gasteiger charge is 2.30. The molecule has 0 spiro atoms. The fourth-order valence-corrected chi connectivity index (χ4v) is 2.58. The second-order valence-corrected chi connectivity index (χ2v) is 5.51. The Balaban J connectivity index is 2.22. The number of halogens is 2. The highest BCUT2D eigenvalue weighted by molar-refractivity contribution is 6.32. The fourth-order valence-electron chi connectivity index (χ4n) is 1.90. The van der Waals surface area contributed by atoms with Crippen LogP contribution in [0, 0.1) is 23.0 Å². The van der Waals surface area contributed by atoms with E-state index in [1.807, 2.05) is 6.92 Å². The standard InChI is InChI=1S/C12H13Cl2NO2/c1-7-4-12(15(16)17)11(14)6-9(7)5-10(13)8-2-3-8/h4,6,8,10H,2-3,5H2,1H3. The first kappa shape index (κ1) is 12.7. The molecule has 3 nitrogen and oxygen atoms in total. The number of alkyl halides is 1. The third-order valence-electron chi connectivity index (χ3n) is 3.15. The van der Waals surface area contributed by atoms with E-state index in [4.69, 9.17) is 23.2 Å². The van der Waals surface area contributed by atoms with Crippen LogP contribution in [0.25, 0.3) is 0 Å². The highest BCUT2D eigenvalue weighted by atomic mass is 35.5. The summed E-state index contributed by atoms with van der Waals surface area (Å²) in [6.45, 7) is 1.86. The Morgan fingerprint density at radius 2 is 2.18 bits per heavy atom. The predicted molar refractivity (Wildman–Crippen MR) is 68.9 cm³/mol. The van der Waals surface area contributed by atoms with Gasteiger partial charge in [-0.25, -0.2) is 0 Å². The van der Waals surface area contributed by atoms with E-state index in [-0.39, 0.29) is 16.1 Å². The third-order valence-corrected chi connectivity index (χ3v) is 3.96. The zero-order valence-electron chi connectivity index (χ0n) is 9.45. The molecule has 1 aliphatic rings. The molecule has 0 aromatic heterocycles. The molecule has 0 bridgehead atoms. The molecule has 1 aromatic rings. The van der Waals surface area contributed by atoms with Crippen LogP contribution in [0.1, 0.15) is 24.0 Å². The van der Waals surface area contributed by atoms with Gasteiger partial charge in [0.2, 0.25) is 0 Å². The molecule has 0 heterocycles. The summed E-state index contributed by atoms with van der Waals surface area (Å²) < 4.78 is 0. The molecule has 0 N–H and O–H groups in total. The summed E-state index contributed by atoms with van der Waals surface area (Å²) in [5.74, 6) is 0.602. The first-order chi connectivity index (χ1) is 7.99. The lowest BCUT2D eigenvalue weighted by molar-refractivity contribution is -0.384. The van der Waals surface area contributed by atoms with E-state index >= 15 is 0 Å². The van der Waals surface area contributed by atoms with E-state index < -0.39 is 4.92 Å². The Hall–Kier alpha value is -0.800. The van der Waals surface area contributed by atoms with Crippen LogP contribution in [0.15, 0.2) is 12.1 Å². The lowest BCUT2D eigenvalue weighted by Crippen LogP contribution is -2.07. The number of hydrogen-bond donors (Lipinski definition) is 0. The number of nitro groups is 1. The van der Waals surface area contributed by atoms with Gasteiger partial charge in [0.05, 0.1) is 4.92 Å². The van der Waals surface area contributed by atoms with Crippen molar-refractivity contribution in [3.8, 4) is 0 Å². The second kappa shape index (κ2) is 4.83. The summed E-state index contributed by atoms with van der Waals surface area (Å²) in [5, 5.41) is 11.0. The zero-order valence-corrected chi connectivity index (χ0v) is 11.0. The number of rotatable bonds is 4. The van der Waals surface area contributed by atoms with Gasteiger partial charge in [-0.05, 0) is 49.3 Å². The average molecular weight is 274 g/mol. The first-order valence-electron chi connectivity index (χ1n) is 5.56. The Morgan fingerprint density at radius 1 is 1.53 bits per heavy atom. The minimum atomic E-state index is -0.460. The van der Waals surface area contributed by atoms with Gasteiger partial charge < -0.3 is 0 Å². The molecular formula is C12H13Cl2NO2. The Labute approximate surface area is 110 Å². The molecule has 0 saturated heterocycles. The number of aryl methyl sites for hydroxylation is 1. The molecule has 1 aliphatic carbocycles. The zero-order chi connectivity index (χ0) is 12.6. The molecule has 0 radical (unpaired) electrons. The average Bonchev–Trinajstić information content (AvgIpc) is 3.05. The molecule has 1 aromatic carbocycles. The topological polar surface area (TPSA) is 43.1 Å². The van der Waals surface area contributed by atoms with Gasteiger partial charge >= 0.3 is 0 Å². The maximum Gasteiger partial charge on any atom is 0.288 e. The molecule has 2 rings (SSSR count). The predicted octanol–water partition coefficient (Wildman–Crippen LogP) is 4.12. The van der Waals surface area contributed by atoms with E-state index in [0.29, 0.717) is 5.92 Å². The summed E-state index contributed by atoms with van der Waals surface area (Å²) >= 11 is 12.2. The molecular weight excluding hydrogens is 261 g/mol. The molecule has 92 valence electrons. The Morgan fingerprint density at radius 3 is 2.71 bits per heavy atom. The lowest BCUT2D eigenvalue weighted by Gasteiger charge is -2.11. The van der Waals surface area contributed by atoms with Crippen molar-refractivity contribution >= 4 is 28.9 Å². The van der Waals surface area contributed by atoms with Gasteiger partial charge in [-0.1, -0.05) is 11.6 Å². The normalized spacial score (nSPS) is 16.9. The number of benzene rings is 1. The van der Waals surface area contributed by atoms with Gasteiger partial charge in [-0.15, -0.1) is 11.6 Å². The quantitative estimate of drug-likeness (QED) is 0.471. The van der Waals surface area contributed by atoms with Crippen LogP contribution in [0.2, 0.25) is 5.02 Å². The highest BCUT2D eigenvalue weighted by Crippen LogP contribution is 2.38. The van der Waals surface area contributed by atoms with Crippen molar-refractivity contribution in [1.82, 2.24) is 0 Å². The molecule has 0 amide bonds. The molecule has 17 heavy (non-hydrogen) atoms. The summed E-state index contributed by atoms with van der Waals surface area (Å²) in [6.07, 6.45) is 3.11. The molecule has 1 atom stereocenters. The van der Waals surface area contributed by atoms with Gasteiger partial charge in [0.25, 0.3) is 5.69 Å². The van der Waals surface area contributed by atoms with Crippen LogP contribution < -0.4 is 0 Å². The van der Waals surface area contributed by atoms with Crippen LogP contribution in [0.3, 0.4) is 0 Å². The van der Waals surface area contributed by atoms with Gasteiger partial charge in [0.1, 0.15) is 5.02 Å². The van der Waals surface area contributed by atoms with Gasteiger partial charge in [-0.2, -0.15) is 0 Å². The maximum absolute atomic E-state index is 10.7. The number of hydrogen-bond acceptors (Lipinski definition) is 2. The first-order valence-corrected chi connectivity index (χ1v) is 6.38. The SMILES string of the molecule is Cc1cc([N+](=O)[O-])c(Cl)cc1CC(Cl)C1CC1. The van der Waals surface area contributed by atoms with E-state index in [9.17, 15) is 10.1 Å². The smallest absolute Gasteiger partial charge is 0.258 e. The van der Waals surface area contributed by atoms with Crippen molar-refractivity contribution in [3.05, 3.63) is 38.4 Å². The van der Waals surface area contributed by atoms with Crippen LogP contribution in [0.5, 0.6) is 0 Å². The molecule has 1 saturated carbocycles. The molecule has 0 aliphatic heterocycles. The maximum atomic E-state index is 10.7. The van der Waals surface area contributed by atoms with Crippen molar-refractivity contribution in [2.45, 2.75) is 31.6 Å². The largest absolute Gasteiger partial charge is 0.288 e. The number of nitro benzene ring substituents is 1. The van der Waals surface area contributed by atoms with E-state index in [2.05, 4.69) is 0 Å². The fraction of sp³-hybridized carbons (Fsp3) is 0.500. The molecule has 5 heteroatoms. The minimum absolute atomic E-state index is 0.0366. The minimum Gasteiger partial charge on any atom is -0.258 e. The van der Waals surface area contributed by atoms with Gasteiger partial charge in [0, 0.05) is 11.4 Å². The Bertz CT molecular complexity index is 458. The van der Waals surface area contributed by atoms with Gasteiger partial charge in [-0.3, -0.25) is 10.1 Å². The van der Waals surface area contributed by atoms with Crippen molar-refractivity contribution in [1.29, 1.82) is 0 Å². The number of nitrogens with zero attached hydrogens (tertiary/aromatic N) is 1. The Kier molecular flexibility index (Phi) is 3.59. The summed E-state index contributed by atoms with van der Waals surface area (Å²) in [5.41, 5.74) is 1.85. The molecule has 1 fully saturated rings. The molecule has 1 unspecified atom stereocenters. The van der Waals surface area contributed by atoms with Crippen LogP contribution >= 0.6 is 23.2 Å². The van der Waals surface area contributed by atoms with Crippen molar-refractivity contribution in [2.24, 2.45) is 5.92 Å². The van der Waals surface area contributed by atoms with E-state index in [0.717, 1.165) is 17.5 Å². The van der Waals surface area contributed by atoms with Crippen LogP contribution in [-0.4, -0.2) is 10.3 Å². The summed E-state index contributed by atoms with van der Waals surface area (Å²) in [4.78, 5) is 10.3. The van der Waals surface area contributed by atoms with Crippen molar-refractivity contribution in [2.75, 3.05) is 0 Å². The van der Waals surface area contributed by atoms with Gasteiger partial charge in [0.15, 0.2) is 0 Å².